The van der Waals surface area contributed by atoms with Crippen LogP contribution in [-0.2, 0) is 4.79 Å². The van der Waals surface area contributed by atoms with Crippen LogP contribution < -0.4 is 10.6 Å². The van der Waals surface area contributed by atoms with Gasteiger partial charge in [0.25, 0.3) is 0 Å². The summed E-state index contributed by atoms with van der Waals surface area (Å²) in [5.74, 6) is -1.24. The van der Waals surface area contributed by atoms with E-state index in [0.29, 0.717) is 11.6 Å². The Balaban J connectivity index is 1.95. The van der Waals surface area contributed by atoms with E-state index in [-0.39, 0.29) is 23.4 Å². The molecule has 3 rings (SSSR count). The molecule has 0 bridgehead atoms. The Kier molecular flexibility index (Phi) is 1.74. The molecule has 1 saturated carbocycles. The van der Waals surface area contributed by atoms with Crippen LogP contribution in [0.2, 0.25) is 0 Å². The summed E-state index contributed by atoms with van der Waals surface area (Å²) in [7, 11) is 0. The van der Waals surface area contributed by atoms with Crippen LogP contribution in [0.1, 0.15) is 23.4 Å². The molecule has 1 atom stereocenters. The Hall–Kier alpha value is -1.98. The number of carbonyl (C=O) groups is 2. The third-order valence-electron chi connectivity index (χ3n) is 2.92. The van der Waals surface area contributed by atoms with Gasteiger partial charge < -0.3 is 20.2 Å². The van der Waals surface area contributed by atoms with Crippen molar-refractivity contribution in [1.82, 2.24) is 0 Å². The fourth-order valence-corrected chi connectivity index (χ4v) is 1.94. The van der Waals surface area contributed by atoms with E-state index in [1.807, 2.05) is 0 Å². The van der Waals surface area contributed by atoms with Crippen LogP contribution in [0.3, 0.4) is 0 Å². The summed E-state index contributed by atoms with van der Waals surface area (Å²) in [5.41, 5.74) is 0.781. The van der Waals surface area contributed by atoms with E-state index in [9.17, 15) is 9.59 Å². The molecule has 6 nitrogen and oxygen atoms in total. The van der Waals surface area contributed by atoms with Gasteiger partial charge in [-0.15, -0.1) is 0 Å². The van der Waals surface area contributed by atoms with Gasteiger partial charge in [-0.1, -0.05) is 0 Å². The minimum atomic E-state index is -1.19. The number of hydrogen-bond donors (Lipinski definition) is 3. The lowest BCUT2D eigenvalue weighted by Gasteiger charge is -2.23. The molecule has 1 aliphatic carbocycles. The van der Waals surface area contributed by atoms with E-state index in [4.69, 9.17) is 9.52 Å². The standard InChI is InChI=1S/C10H10N2O4/c13-9-6(4-1-2-4)11-5-3-16-8(10(14)15)7(5)12-9/h3-4,6,11H,1-2H2,(H,12,13)(H,14,15). The zero-order chi connectivity index (χ0) is 11.3. The van der Waals surface area contributed by atoms with Crippen molar-refractivity contribution < 1.29 is 19.1 Å². The molecule has 2 aliphatic rings. The van der Waals surface area contributed by atoms with Gasteiger partial charge >= 0.3 is 5.97 Å². The van der Waals surface area contributed by atoms with E-state index in [2.05, 4.69) is 10.6 Å². The van der Waals surface area contributed by atoms with Crippen molar-refractivity contribution in [2.24, 2.45) is 5.92 Å². The average molecular weight is 222 g/mol. The van der Waals surface area contributed by atoms with E-state index in [0.717, 1.165) is 12.8 Å². The first kappa shape index (κ1) is 9.26. The molecule has 6 heteroatoms. The smallest absolute Gasteiger partial charge is 0.374 e. The van der Waals surface area contributed by atoms with Gasteiger partial charge in [0.2, 0.25) is 11.7 Å². The Labute approximate surface area is 90.6 Å². The second kappa shape index (κ2) is 3.01. The Morgan fingerprint density at radius 3 is 2.88 bits per heavy atom. The number of furan rings is 1. The molecule has 0 spiro atoms. The Morgan fingerprint density at radius 2 is 2.25 bits per heavy atom. The number of carbonyl (C=O) groups excluding carboxylic acids is 1. The highest BCUT2D eigenvalue weighted by Gasteiger charge is 2.40. The molecular weight excluding hydrogens is 212 g/mol. The van der Waals surface area contributed by atoms with Crippen LogP contribution in [0.4, 0.5) is 11.4 Å². The van der Waals surface area contributed by atoms with Crippen LogP contribution in [0.5, 0.6) is 0 Å². The fraction of sp³-hybridized carbons (Fsp3) is 0.400. The summed E-state index contributed by atoms with van der Waals surface area (Å²) >= 11 is 0. The van der Waals surface area contributed by atoms with Crippen molar-refractivity contribution in [1.29, 1.82) is 0 Å². The number of aromatic carboxylic acids is 1. The number of anilines is 2. The van der Waals surface area contributed by atoms with Crippen molar-refractivity contribution in [2.75, 3.05) is 10.6 Å². The predicted octanol–water partition coefficient (Wildman–Crippen LogP) is 1.12. The zero-order valence-electron chi connectivity index (χ0n) is 8.32. The minimum Gasteiger partial charge on any atom is -0.475 e. The monoisotopic (exact) mass is 222 g/mol. The van der Waals surface area contributed by atoms with Gasteiger partial charge in [0, 0.05) is 0 Å². The number of carboxylic acids is 1. The number of hydrogen-bond acceptors (Lipinski definition) is 4. The quantitative estimate of drug-likeness (QED) is 0.697. The van der Waals surface area contributed by atoms with Crippen molar-refractivity contribution in [3.63, 3.8) is 0 Å². The molecule has 1 aromatic heterocycles. The highest BCUT2D eigenvalue weighted by molar-refractivity contribution is 6.08. The van der Waals surface area contributed by atoms with Gasteiger partial charge in [0.1, 0.15) is 18.0 Å². The number of rotatable bonds is 2. The first-order chi connectivity index (χ1) is 7.66. The number of nitrogens with one attached hydrogen (secondary N) is 2. The van der Waals surface area contributed by atoms with Gasteiger partial charge in [0.15, 0.2) is 0 Å². The van der Waals surface area contributed by atoms with E-state index in [1.165, 1.54) is 6.26 Å². The third kappa shape index (κ3) is 1.26. The molecule has 1 aromatic rings. The molecule has 16 heavy (non-hydrogen) atoms. The lowest BCUT2D eigenvalue weighted by molar-refractivity contribution is -0.117. The number of fused-ring (bicyclic) bond motifs is 1. The van der Waals surface area contributed by atoms with Crippen molar-refractivity contribution in [3.8, 4) is 0 Å². The molecule has 1 aliphatic heterocycles. The Morgan fingerprint density at radius 1 is 1.50 bits per heavy atom. The van der Waals surface area contributed by atoms with Crippen LogP contribution >= 0.6 is 0 Å². The molecule has 84 valence electrons. The number of carboxylic acid groups (broad SMARTS) is 1. The maximum absolute atomic E-state index is 11.7. The lowest BCUT2D eigenvalue weighted by Crippen LogP contribution is -2.40. The molecule has 0 radical (unpaired) electrons. The second-order valence-electron chi connectivity index (χ2n) is 4.11. The first-order valence-corrected chi connectivity index (χ1v) is 5.09. The summed E-state index contributed by atoms with van der Waals surface area (Å²) in [5, 5.41) is 14.4. The summed E-state index contributed by atoms with van der Waals surface area (Å²) < 4.78 is 4.90. The predicted molar refractivity (Wildman–Crippen MR) is 54.4 cm³/mol. The average Bonchev–Trinajstić information content (AvgIpc) is 2.98. The van der Waals surface area contributed by atoms with E-state index < -0.39 is 5.97 Å². The normalized spacial score (nSPS) is 23.2. The van der Waals surface area contributed by atoms with Gasteiger partial charge in [-0.3, -0.25) is 4.79 Å². The largest absolute Gasteiger partial charge is 0.475 e. The van der Waals surface area contributed by atoms with E-state index >= 15 is 0 Å². The highest BCUT2D eigenvalue weighted by atomic mass is 16.4. The Bertz CT molecular complexity index is 475. The van der Waals surface area contributed by atoms with Crippen LogP contribution in [0.25, 0.3) is 0 Å². The highest BCUT2D eigenvalue weighted by Crippen LogP contribution is 2.40. The third-order valence-corrected chi connectivity index (χ3v) is 2.92. The molecule has 1 fully saturated rings. The van der Waals surface area contributed by atoms with Crippen LogP contribution in [-0.4, -0.2) is 23.0 Å². The maximum Gasteiger partial charge on any atom is 0.374 e. The fourth-order valence-electron chi connectivity index (χ4n) is 1.94. The van der Waals surface area contributed by atoms with Gasteiger partial charge in [0.05, 0.1) is 5.69 Å². The lowest BCUT2D eigenvalue weighted by atomic mass is 10.1. The van der Waals surface area contributed by atoms with Crippen molar-refractivity contribution >= 4 is 23.3 Å². The summed E-state index contributed by atoms with van der Waals surface area (Å²) in [6.45, 7) is 0. The minimum absolute atomic E-state index is 0.182. The van der Waals surface area contributed by atoms with Crippen LogP contribution in [0.15, 0.2) is 10.7 Å². The molecule has 0 aromatic carbocycles. The molecule has 2 heterocycles. The first-order valence-electron chi connectivity index (χ1n) is 5.09. The van der Waals surface area contributed by atoms with Gasteiger partial charge in [-0.25, -0.2) is 4.79 Å². The summed E-state index contributed by atoms with van der Waals surface area (Å²) in [6.07, 6.45) is 3.39. The van der Waals surface area contributed by atoms with Gasteiger partial charge in [-0.05, 0) is 18.8 Å². The molecular formula is C10H10N2O4. The van der Waals surface area contributed by atoms with Crippen molar-refractivity contribution in [3.05, 3.63) is 12.0 Å². The second-order valence-corrected chi connectivity index (χ2v) is 4.11. The zero-order valence-corrected chi connectivity index (χ0v) is 8.32. The summed E-state index contributed by atoms with van der Waals surface area (Å²) in [4.78, 5) is 22.5. The van der Waals surface area contributed by atoms with E-state index in [1.54, 1.807) is 0 Å². The van der Waals surface area contributed by atoms with Crippen molar-refractivity contribution in [2.45, 2.75) is 18.9 Å². The molecule has 0 saturated heterocycles. The SMILES string of the molecule is O=C(O)c1occ2c1NC(=O)C(C1CC1)N2. The molecule has 3 N–H and O–H groups in total. The number of amides is 1. The molecule has 1 amide bonds. The van der Waals surface area contributed by atoms with Crippen LogP contribution in [0, 0.1) is 5.92 Å². The maximum atomic E-state index is 11.7. The van der Waals surface area contributed by atoms with Gasteiger partial charge in [-0.2, -0.15) is 0 Å². The molecule has 1 unspecified atom stereocenters. The summed E-state index contributed by atoms with van der Waals surface area (Å²) in [6, 6.07) is -0.258. The topological polar surface area (TPSA) is 91.6 Å².